The molecule has 0 aliphatic rings. The van der Waals surface area contributed by atoms with Crippen LogP contribution in [0.15, 0.2) is 24.3 Å². The van der Waals surface area contributed by atoms with Gasteiger partial charge in [0.2, 0.25) is 0 Å². The summed E-state index contributed by atoms with van der Waals surface area (Å²) in [7, 11) is -4.62. The fraction of sp³-hybridized carbons (Fsp3) is 0.842. The molecule has 0 bridgehead atoms. The Hall–Kier alpha value is -1.55. The second-order valence-corrected chi connectivity index (χ2v) is 14.4. The van der Waals surface area contributed by atoms with Crippen molar-refractivity contribution < 1.29 is 47.8 Å². The smallest absolute Gasteiger partial charge is 0.457 e. The summed E-state index contributed by atoms with van der Waals surface area (Å²) in [6, 6.07) is 0. The van der Waals surface area contributed by atoms with E-state index in [4.69, 9.17) is 18.5 Å². The lowest BCUT2D eigenvalue weighted by molar-refractivity contribution is -0.153. The highest BCUT2D eigenvalue weighted by Gasteiger charge is 2.27. The number of carbonyl (C=O) groups excluding carboxylic acids is 2. The topological polar surface area (TPSA) is 149 Å². The number of carbonyl (C=O) groups is 2. The summed E-state index contributed by atoms with van der Waals surface area (Å²) in [5, 5.41) is 19.1. The molecule has 3 N–H and O–H groups in total. The Labute approximate surface area is 298 Å². The Kier molecular flexibility index (Phi) is 33.8. The predicted octanol–water partition coefficient (Wildman–Crippen LogP) is 9.44. The molecule has 0 saturated heterocycles. The molecule has 0 saturated carbocycles. The second-order valence-electron chi connectivity index (χ2n) is 12.9. The maximum absolute atomic E-state index is 12.3. The highest BCUT2D eigenvalue weighted by molar-refractivity contribution is 7.47. The summed E-state index contributed by atoms with van der Waals surface area (Å²) in [6.07, 6.45) is 31.6. The summed E-state index contributed by atoms with van der Waals surface area (Å²) in [5.41, 5.74) is 0. The molecule has 0 amide bonds. The van der Waals surface area contributed by atoms with Crippen molar-refractivity contribution >= 4 is 19.8 Å². The Morgan fingerprint density at radius 1 is 0.551 bits per heavy atom. The number of aliphatic hydroxyl groups is 2. The van der Waals surface area contributed by atoms with Crippen molar-refractivity contribution in [1.82, 2.24) is 0 Å². The molecule has 11 heteroatoms. The number of esters is 2. The molecule has 0 aliphatic heterocycles. The molecule has 0 fully saturated rings. The summed E-state index contributed by atoms with van der Waals surface area (Å²) in [4.78, 5) is 34.3. The number of phosphoric ester groups is 1. The first-order chi connectivity index (χ1) is 23.8. The van der Waals surface area contributed by atoms with Crippen LogP contribution in [0.4, 0.5) is 0 Å². The van der Waals surface area contributed by atoms with Crippen molar-refractivity contribution in [2.45, 2.75) is 180 Å². The van der Waals surface area contributed by atoms with Gasteiger partial charge in [0.25, 0.3) is 0 Å². The highest BCUT2D eigenvalue weighted by Crippen LogP contribution is 2.43. The fourth-order valence-electron chi connectivity index (χ4n) is 5.14. The lowest BCUT2D eigenvalue weighted by Gasteiger charge is -2.20. The molecule has 0 aromatic heterocycles. The van der Waals surface area contributed by atoms with E-state index in [9.17, 15) is 29.3 Å². The number of phosphoric acid groups is 1. The van der Waals surface area contributed by atoms with Crippen LogP contribution < -0.4 is 0 Å². The first kappa shape index (κ1) is 47.4. The molecule has 10 nitrogen and oxygen atoms in total. The molecule has 288 valence electrons. The van der Waals surface area contributed by atoms with Crippen LogP contribution in [0.1, 0.15) is 168 Å². The standard InChI is InChI=1S/C38H71O10P/c1-3-5-7-9-11-13-14-15-16-17-18-19-20-22-24-26-28-30-38(42)48-36(32-40)34-46-49(43,44)45-33-35(31-39)47-37(41)29-27-25-23-21-12-10-8-6-4-2/h11,13,15-16,35-36,39-40H,3-10,12,14,17-34H2,1-2H3,(H,43,44)/b13-11-,16-15-. The van der Waals surface area contributed by atoms with Crippen molar-refractivity contribution in [2.24, 2.45) is 0 Å². The van der Waals surface area contributed by atoms with Crippen molar-refractivity contribution in [2.75, 3.05) is 26.4 Å². The first-order valence-corrected chi connectivity index (χ1v) is 20.8. The molecular formula is C38H71O10P. The molecule has 0 aromatic carbocycles. The maximum atomic E-state index is 12.3. The average Bonchev–Trinajstić information content (AvgIpc) is 3.09. The van der Waals surface area contributed by atoms with Crippen LogP contribution in [0.3, 0.4) is 0 Å². The number of rotatable bonds is 36. The van der Waals surface area contributed by atoms with E-state index < -0.39 is 58.4 Å². The van der Waals surface area contributed by atoms with Gasteiger partial charge in [-0.1, -0.05) is 134 Å². The van der Waals surface area contributed by atoms with Crippen molar-refractivity contribution in [1.29, 1.82) is 0 Å². The molecule has 3 atom stereocenters. The van der Waals surface area contributed by atoms with Gasteiger partial charge in [-0.15, -0.1) is 0 Å². The quantitative estimate of drug-likeness (QED) is 0.0248. The molecule has 3 unspecified atom stereocenters. The van der Waals surface area contributed by atoms with Gasteiger partial charge in [0, 0.05) is 12.8 Å². The average molecular weight is 719 g/mol. The van der Waals surface area contributed by atoms with E-state index in [1.807, 2.05) is 0 Å². The van der Waals surface area contributed by atoms with E-state index in [-0.39, 0.29) is 12.8 Å². The van der Waals surface area contributed by atoms with Crippen molar-refractivity contribution in [3.05, 3.63) is 24.3 Å². The third-order valence-electron chi connectivity index (χ3n) is 8.17. The monoisotopic (exact) mass is 718 g/mol. The van der Waals surface area contributed by atoms with Gasteiger partial charge in [-0.05, 0) is 44.9 Å². The first-order valence-electron chi connectivity index (χ1n) is 19.3. The number of hydrogen-bond acceptors (Lipinski definition) is 9. The van der Waals surface area contributed by atoms with Gasteiger partial charge in [-0.3, -0.25) is 18.6 Å². The van der Waals surface area contributed by atoms with Gasteiger partial charge >= 0.3 is 19.8 Å². The van der Waals surface area contributed by atoms with Crippen LogP contribution in [-0.2, 0) is 32.7 Å². The van der Waals surface area contributed by atoms with Crippen LogP contribution in [0, 0.1) is 0 Å². The Balaban J connectivity index is 3.96. The number of allylic oxidation sites excluding steroid dienone is 4. The van der Waals surface area contributed by atoms with Gasteiger partial charge in [-0.2, -0.15) is 0 Å². The zero-order valence-electron chi connectivity index (χ0n) is 30.9. The van der Waals surface area contributed by atoms with E-state index in [1.54, 1.807) is 0 Å². The van der Waals surface area contributed by atoms with E-state index in [0.29, 0.717) is 12.8 Å². The molecule has 49 heavy (non-hydrogen) atoms. The van der Waals surface area contributed by atoms with E-state index >= 15 is 0 Å². The lowest BCUT2D eigenvalue weighted by atomic mass is 10.1. The molecule has 0 heterocycles. The number of ether oxygens (including phenoxy) is 2. The van der Waals surface area contributed by atoms with E-state index in [2.05, 4.69) is 38.2 Å². The number of hydrogen-bond donors (Lipinski definition) is 3. The molecule has 0 radical (unpaired) electrons. The van der Waals surface area contributed by atoms with Crippen LogP contribution in [0.25, 0.3) is 0 Å². The predicted molar refractivity (Wildman–Crippen MR) is 196 cm³/mol. The number of unbranched alkanes of at least 4 members (excludes halogenated alkanes) is 18. The minimum absolute atomic E-state index is 0.185. The summed E-state index contributed by atoms with van der Waals surface area (Å²) >= 11 is 0. The van der Waals surface area contributed by atoms with Crippen LogP contribution in [0.5, 0.6) is 0 Å². The Morgan fingerprint density at radius 2 is 0.898 bits per heavy atom. The van der Waals surface area contributed by atoms with Crippen molar-refractivity contribution in [3.8, 4) is 0 Å². The van der Waals surface area contributed by atoms with Gasteiger partial charge in [0.15, 0.2) is 0 Å². The van der Waals surface area contributed by atoms with Crippen LogP contribution >= 0.6 is 7.82 Å². The molecule has 0 aromatic rings. The molecular weight excluding hydrogens is 647 g/mol. The third kappa shape index (κ3) is 33.4. The molecule has 0 spiro atoms. The SMILES string of the molecule is CCCCC/C=C\C/C=C\CCCCCCCCCC(=O)OC(CO)COP(=O)(O)OCC(CO)OC(=O)CCCCCCCCCCC. The maximum Gasteiger partial charge on any atom is 0.472 e. The van der Waals surface area contributed by atoms with Gasteiger partial charge in [-0.25, -0.2) is 4.57 Å². The normalized spacial score (nSPS) is 14.3. The van der Waals surface area contributed by atoms with Gasteiger partial charge < -0.3 is 24.6 Å². The summed E-state index contributed by atoms with van der Waals surface area (Å²) in [5.74, 6) is -1.03. The van der Waals surface area contributed by atoms with E-state index in [1.165, 1.54) is 77.0 Å². The van der Waals surface area contributed by atoms with Crippen LogP contribution in [0.2, 0.25) is 0 Å². The highest BCUT2D eigenvalue weighted by atomic mass is 31.2. The zero-order chi connectivity index (χ0) is 36.3. The summed E-state index contributed by atoms with van der Waals surface area (Å²) in [6.45, 7) is 2.13. The third-order valence-corrected chi connectivity index (χ3v) is 9.12. The summed E-state index contributed by atoms with van der Waals surface area (Å²) < 4.78 is 32.4. The Bertz CT molecular complexity index is 879. The molecule has 0 aliphatic carbocycles. The largest absolute Gasteiger partial charge is 0.472 e. The lowest BCUT2D eigenvalue weighted by Crippen LogP contribution is -2.28. The molecule has 0 rings (SSSR count). The van der Waals surface area contributed by atoms with Crippen LogP contribution in [-0.4, -0.2) is 65.7 Å². The van der Waals surface area contributed by atoms with Gasteiger partial charge in [0.1, 0.15) is 12.2 Å². The zero-order valence-corrected chi connectivity index (χ0v) is 31.8. The minimum Gasteiger partial charge on any atom is -0.457 e. The Morgan fingerprint density at radius 3 is 1.31 bits per heavy atom. The second kappa shape index (κ2) is 34.9. The van der Waals surface area contributed by atoms with Crippen molar-refractivity contribution in [3.63, 3.8) is 0 Å². The minimum atomic E-state index is -4.62. The van der Waals surface area contributed by atoms with Gasteiger partial charge in [0.05, 0.1) is 26.4 Å². The fourth-order valence-corrected chi connectivity index (χ4v) is 5.93. The van der Waals surface area contributed by atoms with E-state index in [0.717, 1.165) is 51.4 Å². The number of aliphatic hydroxyl groups excluding tert-OH is 2.